The second-order valence-corrected chi connectivity index (χ2v) is 4.51. The van der Waals surface area contributed by atoms with Crippen molar-refractivity contribution in [2.75, 3.05) is 5.32 Å². The Hall–Kier alpha value is -1.91. The third-order valence-electron chi connectivity index (χ3n) is 1.71. The highest BCUT2D eigenvalue weighted by molar-refractivity contribution is 7.89. The largest absolute Gasteiger partial charge is 0.325 e. The fraction of sp³-hybridized carbons (Fsp3) is 0.111. The van der Waals surface area contributed by atoms with Crippen LogP contribution in [0.1, 0.15) is 6.42 Å². The van der Waals surface area contributed by atoms with E-state index in [-0.39, 0.29) is 11.3 Å². The van der Waals surface area contributed by atoms with Gasteiger partial charge in [0, 0.05) is 5.69 Å². The minimum Gasteiger partial charge on any atom is -0.325 e. The number of carbonyl (C=O) groups excluding carboxylic acids is 1. The van der Waals surface area contributed by atoms with Crippen molar-refractivity contribution < 1.29 is 13.2 Å². The number of nitrogens with two attached hydrogens (primary N) is 1. The van der Waals surface area contributed by atoms with Crippen LogP contribution in [0.5, 0.6) is 0 Å². The average molecular weight is 239 g/mol. The van der Waals surface area contributed by atoms with Gasteiger partial charge in [0.05, 0.1) is 11.0 Å². The normalized spacial score (nSPS) is 10.5. The third-order valence-corrected chi connectivity index (χ3v) is 2.64. The van der Waals surface area contributed by atoms with Crippen molar-refractivity contribution >= 4 is 21.6 Å². The van der Waals surface area contributed by atoms with E-state index in [2.05, 4.69) is 5.32 Å². The Morgan fingerprint density at radius 1 is 1.38 bits per heavy atom. The van der Waals surface area contributed by atoms with Gasteiger partial charge >= 0.3 is 0 Å². The number of nitriles is 1. The molecule has 0 heterocycles. The summed E-state index contributed by atoms with van der Waals surface area (Å²) < 4.78 is 21.8. The molecule has 1 rings (SSSR count). The first-order chi connectivity index (χ1) is 7.43. The maximum absolute atomic E-state index is 11.0. The molecule has 0 aliphatic rings. The Balaban J connectivity index is 2.81. The predicted molar refractivity (Wildman–Crippen MR) is 56.7 cm³/mol. The average Bonchev–Trinajstić information content (AvgIpc) is 2.17. The number of benzene rings is 1. The highest BCUT2D eigenvalue weighted by Gasteiger charge is 2.07. The molecule has 0 atom stereocenters. The number of nitrogens with one attached hydrogen (secondary N) is 1. The van der Waals surface area contributed by atoms with Crippen LogP contribution < -0.4 is 10.5 Å². The minimum atomic E-state index is -3.72. The maximum atomic E-state index is 11.0. The topological polar surface area (TPSA) is 113 Å². The minimum absolute atomic E-state index is 0.0363. The molecule has 0 spiro atoms. The van der Waals surface area contributed by atoms with Crippen molar-refractivity contribution in [1.29, 1.82) is 5.26 Å². The molecule has 16 heavy (non-hydrogen) atoms. The molecule has 0 aliphatic carbocycles. The summed E-state index contributed by atoms with van der Waals surface area (Å²) in [5, 5.41) is 15.6. The molecule has 6 nitrogen and oxygen atoms in total. The smallest absolute Gasteiger partial charge is 0.238 e. The Morgan fingerprint density at radius 3 is 2.38 bits per heavy atom. The summed E-state index contributed by atoms with van der Waals surface area (Å²) in [5.74, 6) is -0.453. The van der Waals surface area contributed by atoms with Crippen molar-refractivity contribution in [3.05, 3.63) is 24.3 Å². The second kappa shape index (κ2) is 4.74. The summed E-state index contributed by atoms with van der Waals surface area (Å²) in [4.78, 5) is 11.0. The quantitative estimate of drug-likeness (QED) is 0.783. The Morgan fingerprint density at radius 2 is 1.94 bits per heavy atom. The van der Waals surface area contributed by atoms with Crippen LogP contribution >= 0.6 is 0 Å². The van der Waals surface area contributed by atoms with Crippen LogP contribution in [0.15, 0.2) is 29.2 Å². The zero-order chi connectivity index (χ0) is 12.2. The highest BCUT2D eigenvalue weighted by Crippen LogP contribution is 2.12. The van der Waals surface area contributed by atoms with Crippen LogP contribution in [-0.4, -0.2) is 14.3 Å². The number of primary sulfonamides is 1. The molecule has 1 aromatic rings. The van der Waals surface area contributed by atoms with E-state index < -0.39 is 15.9 Å². The van der Waals surface area contributed by atoms with E-state index in [1.807, 2.05) is 0 Å². The van der Waals surface area contributed by atoms with Crippen LogP contribution in [0, 0.1) is 11.3 Å². The number of sulfonamides is 1. The number of hydrogen-bond acceptors (Lipinski definition) is 4. The summed E-state index contributed by atoms with van der Waals surface area (Å²) in [7, 11) is -3.72. The van der Waals surface area contributed by atoms with Gasteiger partial charge in [-0.05, 0) is 24.3 Å². The van der Waals surface area contributed by atoms with E-state index in [0.717, 1.165) is 0 Å². The molecule has 0 fully saturated rings. The van der Waals surface area contributed by atoms with E-state index in [1.165, 1.54) is 24.3 Å². The highest BCUT2D eigenvalue weighted by atomic mass is 32.2. The van der Waals surface area contributed by atoms with Gasteiger partial charge in [-0.25, -0.2) is 13.6 Å². The van der Waals surface area contributed by atoms with Crippen molar-refractivity contribution in [3.63, 3.8) is 0 Å². The van der Waals surface area contributed by atoms with Crippen LogP contribution in [-0.2, 0) is 14.8 Å². The van der Waals surface area contributed by atoms with E-state index in [9.17, 15) is 13.2 Å². The second-order valence-electron chi connectivity index (χ2n) is 2.95. The predicted octanol–water partition coefficient (Wildman–Crippen LogP) is 0.186. The lowest BCUT2D eigenvalue weighted by molar-refractivity contribution is -0.115. The van der Waals surface area contributed by atoms with Crippen molar-refractivity contribution in [2.45, 2.75) is 11.3 Å². The fourth-order valence-electron chi connectivity index (χ4n) is 1.00. The Bertz CT molecular complexity index is 528. The zero-order valence-corrected chi connectivity index (χ0v) is 8.99. The van der Waals surface area contributed by atoms with Crippen LogP contribution in [0.2, 0.25) is 0 Å². The number of carbonyl (C=O) groups is 1. The first-order valence-corrected chi connectivity index (χ1v) is 5.78. The van der Waals surface area contributed by atoms with Gasteiger partial charge in [-0.3, -0.25) is 4.79 Å². The summed E-state index contributed by atoms with van der Waals surface area (Å²) >= 11 is 0. The summed E-state index contributed by atoms with van der Waals surface area (Å²) in [6.07, 6.45) is -0.253. The number of nitrogens with zero attached hydrogens (tertiary/aromatic N) is 1. The lowest BCUT2D eigenvalue weighted by atomic mass is 10.3. The van der Waals surface area contributed by atoms with Gasteiger partial charge in [-0.2, -0.15) is 5.26 Å². The van der Waals surface area contributed by atoms with Gasteiger partial charge in [-0.15, -0.1) is 0 Å². The van der Waals surface area contributed by atoms with E-state index in [4.69, 9.17) is 10.4 Å². The van der Waals surface area contributed by atoms with Gasteiger partial charge in [0.1, 0.15) is 6.42 Å². The molecule has 0 saturated heterocycles. The molecular weight excluding hydrogens is 230 g/mol. The zero-order valence-electron chi connectivity index (χ0n) is 8.17. The van der Waals surface area contributed by atoms with E-state index in [0.29, 0.717) is 5.69 Å². The molecule has 0 bridgehead atoms. The van der Waals surface area contributed by atoms with Gasteiger partial charge in [0.15, 0.2) is 0 Å². The summed E-state index contributed by atoms with van der Waals surface area (Å²) in [6.45, 7) is 0. The molecular formula is C9H9N3O3S. The molecule has 0 aromatic heterocycles. The van der Waals surface area contributed by atoms with E-state index >= 15 is 0 Å². The number of hydrogen-bond donors (Lipinski definition) is 2. The van der Waals surface area contributed by atoms with Crippen molar-refractivity contribution in [1.82, 2.24) is 0 Å². The molecule has 84 valence electrons. The number of amides is 1. The lowest BCUT2D eigenvalue weighted by Crippen LogP contribution is -2.13. The Labute approximate surface area is 92.7 Å². The van der Waals surface area contributed by atoms with Crippen LogP contribution in [0.3, 0.4) is 0 Å². The monoisotopic (exact) mass is 239 g/mol. The molecule has 7 heteroatoms. The SMILES string of the molecule is N#CCC(=O)Nc1ccc(S(N)(=O)=O)cc1. The standard InChI is InChI=1S/C9H9N3O3S/c10-6-5-9(13)12-7-1-3-8(4-2-7)16(11,14)15/h1-4H,5H2,(H,12,13)(H2,11,14,15). The van der Waals surface area contributed by atoms with E-state index in [1.54, 1.807) is 6.07 Å². The maximum Gasteiger partial charge on any atom is 0.238 e. The summed E-state index contributed by atoms with van der Waals surface area (Å²) in [6, 6.07) is 7.04. The van der Waals surface area contributed by atoms with Crippen molar-refractivity contribution in [2.24, 2.45) is 5.14 Å². The summed E-state index contributed by atoms with van der Waals surface area (Å²) in [5.41, 5.74) is 0.410. The molecule has 0 aliphatic heterocycles. The van der Waals surface area contributed by atoms with Gasteiger partial charge in [0.2, 0.25) is 15.9 Å². The molecule has 0 unspecified atom stereocenters. The van der Waals surface area contributed by atoms with Crippen LogP contribution in [0.4, 0.5) is 5.69 Å². The third kappa shape index (κ3) is 3.34. The molecule has 0 saturated carbocycles. The number of rotatable bonds is 3. The lowest BCUT2D eigenvalue weighted by Gasteiger charge is -2.03. The number of anilines is 1. The first-order valence-electron chi connectivity index (χ1n) is 4.23. The molecule has 1 aromatic carbocycles. The molecule has 3 N–H and O–H groups in total. The van der Waals surface area contributed by atoms with Gasteiger partial charge in [0.25, 0.3) is 0 Å². The van der Waals surface area contributed by atoms with Gasteiger partial charge in [-0.1, -0.05) is 0 Å². The fourth-order valence-corrected chi connectivity index (χ4v) is 1.52. The first kappa shape index (κ1) is 12.2. The van der Waals surface area contributed by atoms with Crippen molar-refractivity contribution in [3.8, 4) is 6.07 Å². The molecule has 1 amide bonds. The Kier molecular flexibility index (Phi) is 3.60. The van der Waals surface area contributed by atoms with Gasteiger partial charge < -0.3 is 5.32 Å². The molecule has 0 radical (unpaired) electrons. The van der Waals surface area contributed by atoms with Crippen LogP contribution in [0.25, 0.3) is 0 Å².